The van der Waals surface area contributed by atoms with Crippen molar-refractivity contribution in [1.82, 2.24) is 20.1 Å². The SMILES string of the molecule is CCN(CC1CNC1)C(=O)c1ccc(C2CC3(CCN2Cc2c(OC)cc(C)c4[nH]ccc24)CC(C#N)C3)cc1. The number of hydrogen-bond donors (Lipinski definition) is 2. The lowest BCUT2D eigenvalue weighted by molar-refractivity contribution is -0.0298. The van der Waals surface area contributed by atoms with Crippen molar-refractivity contribution in [3.8, 4) is 11.8 Å². The molecule has 210 valence electrons. The molecule has 1 unspecified atom stereocenters. The molecule has 1 spiro atoms. The largest absolute Gasteiger partial charge is 0.496 e. The van der Waals surface area contributed by atoms with Crippen LogP contribution in [-0.4, -0.2) is 60.5 Å². The Morgan fingerprint density at radius 3 is 2.62 bits per heavy atom. The molecule has 6 rings (SSSR count). The number of nitrogens with zero attached hydrogens (tertiary/aromatic N) is 3. The number of aromatic nitrogens is 1. The highest BCUT2D eigenvalue weighted by Gasteiger charge is 2.49. The van der Waals surface area contributed by atoms with Crippen LogP contribution in [0.4, 0.5) is 0 Å². The number of rotatable bonds is 8. The summed E-state index contributed by atoms with van der Waals surface area (Å²) >= 11 is 0. The molecular weight excluding hydrogens is 498 g/mol. The van der Waals surface area contributed by atoms with E-state index in [-0.39, 0.29) is 23.3 Å². The number of nitriles is 1. The summed E-state index contributed by atoms with van der Waals surface area (Å²) in [5.74, 6) is 1.79. The molecule has 0 radical (unpaired) electrons. The second kappa shape index (κ2) is 10.9. The molecule has 1 aliphatic carbocycles. The number of piperidine rings is 1. The molecule has 2 aromatic carbocycles. The summed E-state index contributed by atoms with van der Waals surface area (Å²) in [5.41, 5.74) is 5.81. The topological polar surface area (TPSA) is 84.4 Å². The van der Waals surface area contributed by atoms with Gasteiger partial charge in [-0.2, -0.15) is 5.26 Å². The number of H-pyrrole nitrogens is 1. The number of likely N-dealkylation sites (tertiary alicyclic amines) is 1. The molecule has 1 atom stereocenters. The molecule has 1 aromatic heterocycles. The minimum Gasteiger partial charge on any atom is -0.496 e. The van der Waals surface area contributed by atoms with Crippen LogP contribution in [0, 0.1) is 35.5 Å². The smallest absolute Gasteiger partial charge is 0.253 e. The zero-order chi connectivity index (χ0) is 27.9. The molecule has 2 N–H and O–H groups in total. The maximum absolute atomic E-state index is 13.3. The minimum absolute atomic E-state index is 0.119. The van der Waals surface area contributed by atoms with Gasteiger partial charge in [-0.3, -0.25) is 9.69 Å². The molecule has 40 heavy (non-hydrogen) atoms. The fraction of sp³-hybridized carbons (Fsp3) is 0.515. The molecule has 3 heterocycles. The van der Waals surface area contributed by atoms with Crippen LogP contribution in [0.5, 0.6) is 5.75 Å². The Hall–Kier alpha value is -3.34. The number of aryl methyl sites for hydroxylation is 1. The summed E-state index contributed by atoms with van der Waals surface area (Å²) in [4.78, 5) is 21.3. The molecule has 3 aliphatic rings. The monoisotopic (exact) mass is 539 g/mol. The third-order valence-corrected chi connectivity index (χ3v) is 9.79. The number of methoxy groups -OCH3 is 1. The van der Waals surface area contributed by atoms with E-state index in [0.717, 1.165) is 81.8 Å². The number of carbonyl (C=O) groups excluding carboxylic acids is 1. The van der Waals surface area contributed by atoms with Gasteiger partial charge in [-0.15, -0.1) is 0 Å². The average molecular weight is 540 g/mol. The summed E-state index contributed by atoms with van der Waals surface area (Å²) in [6.07, 6.45) is 6.17. The number of hydrogen-bond acceptors (Lipinski definition) is 5. The van der Waals surface area contributed by atoms with Gasteiger partial charge in [-0.25, -0.2) is 0 Å². The summed E-state index contributed by atoms with van der Waals surface area (Å²) in [6.45, 7) is 9.48. The van der Waals surface area contributed by atoms with Crippen molar-refractivity contribution in [1.29, 1.82) is 5.26 Å². The van der Waals surface area contributed by atoms with E-state index in [1.54, 1.807) is 7.11 Å². The van der Waals surface area contributed by atoms with Gasteiger partial charge in [0.15, 0.2) is 0 Å². The van der Waals surface area contributed by atoms with E-state index in [2.05, 4.69) is 59.4 Å². The summed E-state index contributed by atoms with van der Waals surface area (Å²) < 4.78 is 5.88. The lowest BCUT2D eigenvalue weighted by atomic mass is 9.56. The zero-order valence-corrected chi connectivity index (χ0v) is 24.0. The first-order valence-corrected chi connectivity index (χ1v) is 14.8. The van der Waals surface area contributed by atoms with E-state index in [9.17, 15) is 10.1 Å². The molecule has 3 aromatic rings. The Morgan fingerprint density at radius 2 is 1.98 bits per heavy atom. The van der Waals surface area contributed by atoms with Crippen molar-refractivity contribution in [3.63, 3.8) is 0 Å². The Labute approximate surface area is 237 Å². The average Bonchev–Trinajstić information content (AvgIpc) is 3.43. The van der Waals surface area contributed by atoms with E-state index >= 15 is 0 Å². The Balaban J connectivity index is 1.28. The Morgan fingerprint density at radius 1 is 1.20 bits per heavy atom. The van der Waals surface area contributed by atoms with Crippen molar-refractivity contribution in [3.05, 3.63) is 64.8 Å². The molecule has 1 saturated carbocycles. The summed E-state index contributed by atoms with van der Waals surface area (Å²) in [7, 11) is 1.76. The number of benzene rings is 2. The van der Waals surface area contributed by atoms with E-state index in [1.165, 1.54) is 22.1 Å². The number of fused-ring (bicyclic) bond motifs is 1. The molecular formula is C33H41N5O2. The van der Waals surface area contributed by atoms with Gasteiger partial charge in [-0.1, -0.05) is 12.1 Å². The Kier molecular flexibility index (Phi) is 7.33. The molecule has 7 heteroatoms. The van der Waals surface area contributed by atoms with Gasteiger partial charge < -0.3 is 19.9 Å². The number of ether oxygens (including phenoxy) is 1. The van der Waals surface area contributed by atoms with Crippen LogP contribution in [0.15, 0.2) is 42.6 Å². The molecule has 0 bridgehead atoms. The molecule has 2 saturated heterocycles. The van der Waals surface area contributed by atoms with Crippen molar-refractivity contribution in [2.45, 2.75) is 52.1 Å². The molecule has 2 aliphatic heterocycles. The van der Waals surface area contributed by atoms with Crippen LogP contribution in [0.3, 0.4) is 0 Å². The second-order valence-electron chi connectivity index (χ2n) is 12.3. The van der Waals surface area contributed by atoms with Crippen LogP contribution in [0.2, 0.25) is 0 Å². The lowest BCUT2D eigenvalue weighted by Crippen LogP contribution is -2.49. The first-order chi connectivity index (χ1) is 19.4. The van der Waals surface area contributed by atoms with Gasteiger partial charge in [0.1, 0.15) is 5.75 Å². The van der Waals surface area contributed by atoms with Crippen molar-refractivity contribution in [2.24, 2.45) is 17.3 Å². The first-order valence-electron chi connectivity index (χ1n) is 14.8. The fourth-order valence-corrected chi connectivity index (χ4v) is 7.30. The second-order valence-corrected chi connectivity index (χ2v) is 12.3. The van der Waals surface area contributed by atoms with Crippen molar-refractivity contribution >= 4 is 16.8 Å². The standard InChI is InChI=1S/C33H41N5O2/c1-4-37(20-24-18-35-19-24)32(39)26-7-5-25(6-8-26)29-16-33(14-23(15-33)17-34)10-12-38(29)21-28-27-9-11-36-31(27)22(2)13-30(28)40-3/h5-9,11,13,23-24,29,35-36H,4,10,12,14-16,18-21H2,1-3H3. The maximum Gasteiger partial charge on any atom is 0.253 e. The van der Waals surface area contributed by atoms with Crippen LogP contribution >= 0.6 is 0 Å². The fourth-order valence-electron chi connectivity index (χ4n) is 7.30. The first kappa shape index (κ1) is 26.9. The lowest BCUT2D eigenvalue weighted by Gasteiger charge is -2.53. The van der Waals surface area contributed by atoms with Gasteiger partial charge in [0, 0.05) is 78.8 Å². The van der Waals surface area contributed by atoms with E-state index in [1.807, 2.05) is 23.2 Å². The maximum atomic E-state index is 13.3. The highest BCUT2D eigenvalue weighted by molar-refractivity contribution is 5.94. The van der Waals surface area contributed by atoms with Crippen LogP contribution < -0.4 is 10.1 Å². The Bertz CT molecular complexity index is 1410. The van der Waals surface area contributed by atoms with E-state index in [4.69, 9.17) is 4.74 Å². The van der Waals surface area contributed by atoms with Gasteiger partial charge >= 0.3 is 0 Å². The number of amides is 1. The zero-order valence-electron chi connectivity index (χ0n) is 24.0. The van der Waals surface area contributed by atoms with Crippen molar-refractivity contribution < 1.29 is 9.53 Å². The highest BCUT2D eigenvalue weighted by Crippen LogP contribution is 2.56. The predicted molar refractivity (Wildman–Crippen MR) is 157 cm³/mol. The summed E-state index contributed by atoms with van der Waals surface area (Å²) in [5, 5.41) is 14.0. The minimum atomic E-state index is 0.119. The van der Waals surface area contributed by atoms with Gasteiger partial charge in [-0.05, 0) is 86.9 Å². The van der Waals surface area contributed by atoms with Crippen LogP contribution in [0.25, 0.3) is 10.9 Å². The third-order valence-electron chi connectivity index (χ3n) is 9.79. The van der Waals surface area contributed by atoms with Gasteiger partial charge in [0.25, 0.3) is 5.91 Å². The van der Waals surface area contributed by atoms with Crippen LogP contribution in [-0.2, 0) is 6.54 Å². The van der Waals surface area contributed by atoms with Gasteiger partial charge in [0.05, 0.1) is 13.2 Å². The number of aromatic amines is 1. The van der Waals surface area contributed by atoms with Gasteiger partial charge in [0.2, 0.25) is 0 Å². The number of carbonyl (C=O) groups is 1. The molecule has 1 amide bonds. The van der Waals surface area contributed by atoms with Crippen LogP contribution in [0.1, 0.15) is 65.7 Å². The highest BCUT2D eigenvalue weighted by atomic mass is 16.5. The van der Waals surface area contributed by atoms with Crippen molar-refractivity contribution in [2.75, 3.05) is 39.8 Å². The third kappa shape index (κ3) is 4.88. The van der Waals surface area contributed by atoms with E-state index in [0.29, 0.717) is 5.92 Å². The van der Waals surface area contributed by atoms with E-state index < -0.39 is 0 Å². The quantitative estimate of drug-likeness (QED) is 0.399. The normalized spacial score (nSPS) is 24.9. The predicted octanol–water partition coefficient (Wildman–Crippen LogP) is 5.42. The molecule has 7 nitrogen and oxygen atoms in total. The molecule has 3 fully saturated rings. The number of nitrogens with one attached hydrogen (secondary N) is 2. The summed E-state index contributed by atoms with van der Waals surface area (Å²) in [6, 6.07) is 15.4.